The maximum atomic E-state index is 12.4. The zero-order valence-electron chi connectivity index (χ0n) is 7.76. The molecule has 0 spiro atoms. The van der Waals surface area contributed by atoms with Gasteiger partial charge in [0.1, 0.15) is 6.17 Å². The second kappa shape index (κ2) is 8.94. The van der Waals surface area contributed by atoms with E-state index in [2.05, 4.69) is 6.92 Å². The number of unbranched alkanes of at least 4 members (excludes halogenated alkanes) is 1. The smallest absolute Gasteiger partial charge is 0.123 e. The van der Waals surface area contributed by atoms with E-state index in [-0.39, 0.29) is 6.61 Å². The van der Waals surface area contributed by atoms with Gasteiger partial charge in [-0.25, -0.2) is 4.39 Å². The van der Waals surface area contributed by atoms with Crippen LogP contribution < -0.4 is 0 Å². The lowest BCUT2D eigenvalue weighted by molar-refractivity contribution is 0.110. The van der Waals surface area contributed by atoms with E-state index < -0.39 is 6.17 Å². The molecule has 0 aliphatic carbocycles. The van der Waals surface area contributed by atoms with Crippen molar-refractivity contribution >= 4 is 0 Å². The fourth-order valence-corrected chi connectivity index (χ4v) is 0.847. The van der Waals surface area contributed by atoms with Gasteiger partial charge in [0.25, 0.3) is 0 Å². The van der Waals surface area contributed by atoms with Crippen LogP contribution in [-0.4, -0.2) is 31.1 Å². The molecule has 0 amide bonds. The van der Waals surface area contributed by atoms with Gasteiger partial charge in [0.15, 0.2) is 0 Å². The van der Waals surface area contributed by atoms with Gasteiger partial charge in [-0.2, -0.15) is 0 Å². The largest absolute Gasteiger partial charge is 0.393 e. The normalized spacial score (nSPS) is 13.2. The zero-order valence-corrected chi connectivity index (χ0v) is 7.76. The molecule has 1 atom stereocenters. The van der Waals surface area contributed by atoms with Crippen LogP contribution in [0.3, 0.4) is 0 Å². The Morgan fingerprint density at radius 1 is 1.33 bits per heavy atom. The van der Waals surface area contributed by atoms with E-state index in [1.54, 1.807) is 0 Å². The Hall–Kier alpha value is -0.150. The number of hydrogen-bond acceptors (Lipinski definition) is 2. The molecule has 0 fully saturated rings. The highest BCUT2D eigenvalue weighted by atomic mass is 19.1. The molecular weight excluding hydrogens is 159 g/mol. The van der Waals surface area contributed by atoms with Crippen LogP contribution >= 0.6 is 0 Å². The molecule has 2 nitrogen and oxygen atoms in total. The Morgan fingerprint density at radius 2 is 2.00 bits per heavy atom. The van der Waals surface area contributed by atoms with Gasteiger partial charge in [-0.3, -0.25) is 0 Å². The minimum atomic E-state index is -1.07. The molecular formula is C9H19FO2. The van der Waals surface area contributed by atoms with E-state index >= 15 is 0 Å². The highest BCUT2D eigenvalue weighted by Gasteiger charge is 2.02. The summed E-state index contributed by atoms with van der Waals surface area (Å²) in [6, 6.07) is 0. The van der Waals surface area contributed by atoms with Crippen molar-refractivity contribution in [1.29, 1.82) is 0 Å². The number of aliphatic hydroxyl groups excluding tert-OH is 1. The molecule has 0 saturated carbocycles. The zero-order chi connectivity index (χ0) is 9.23. The lowest BCUT2D eigenvalue weighted by Crippen LogP contribution is -2.07. The highest BCUT2D eigenvalue weighted by Crippen LogP contribution is 2.01. The van der Waals surface area contributed by atoms with Crippen LogP contribution in [-0.2, 0) is 4.74 Å². The van der Waals surface area contributed by atoms with Crippen molar-refractivity contribution in [2.24, 2.45) is 0 Å². The van der Waals surface area contributed by atoms with Crippen molar-refractivity contribution in [3.63, 3.8) is 0 Å². The number of rotatable bonds is 8. The Labute approximate surface area is 73.7 Å². The van der Waals surface area contributed by atoms with Crippen molar-refractivity contribution in [2.45, 2.75) is 38.8 Å². The van der Waals surface area contributed by atoms with Crippen LogP contribution in [0.25, 0.3) is 0 Å². The van der Waals surface area contributed by atoms with Gasteiger partial charge in [-0.15, -0.1) is 0 Å². The van der Waals surface area contributed by atoms with Gasteiger partial charge in [-0.05, 0) is 19.3 Å². The van der Waals surface area contributed by atoms with Crippen LogP contribution in [0.2, 0.25) is 0 Å². The van der Waals surface area contributed by atoms with E-state index in [0.717, 1.165) is 19.4 Å². The first-order chi connectivity index (χ1) is 5.81. The van der Waals surface area contributed by atoms with Crippen LogP contribution in [0.1, 0.15) is 32.6 Å². The Bertz CT molecular complexity index is 88.6. The monoisotopic (exact) mass is 178 g/mol. The number of halogens is 1. The van der Waals surface area contributed by atoms with Crippen molar-refractivity contribution in [2.75, 3.05) is 19.8 Å². The van der Waals surface area contributed by atoms with Gasteiger partial charge in [-0.1, -0.05) is 13.3 Å². The fourth-order valence-electron chi connectivity index (χ4n) is 0.847. The quantitative estimate of drug-likeness (QED) is 0.575. The predicted octanol–water partition coefficient (Wildman–Crippen LogP) is 1.91. The third-order valence-electron chi connectivity index (χ3n) is 1.65. The van der Waals surface area contributed by atoms with Crippen LogP contribution in [0.5, 0.6) is 0 Å². The third-order valence-corrected chi connectivity index (χ3v) is 1.65. The second-order valence-corrected chi connectivity index (χ2v) is 2.89. The summed E-state index contributed by atoms with van der Waals surface area (Å²) < 4.78 is 17.6. The molecule has 0 rings (SSSR count). The van der Waals surface area contributed by atoms with Gasteiger partial charge >= 0.3 is 0 Å². The molecule has 0 aromatic rings. The lowest BCUT2D eigenvalue weighted by Gasteiger charge is -2.04. The molecule has 74 valence electrons. The maximum Gasteiger partial charge on any atom is 0.123 e. The summed E-state index contributed by atoms with van der Waals surface area (Å²) in [5, 5.41) is 8.36. The Morgan fingerprint density at radius 3 is 2.58 bits per heavy atom. The summed E-state index contributed by atoms with van der Waals surface area (Å²) in [5.41, 5.74) is 0. The molecule has 12 heavy (non-hydrogen) atoms. The van der Waals surface area contributed by atoms with Gasteiger partial charge in [0.05, 0.1) is 6.61 Å². The summed E-state index contributed by atoms with van der Waals surface area (Å²) in [6.45, 7) is 3.12. The maximum absolute atomic E-state index is 12.4. The summed E-state index contributed by atoms with van der Waals surface area (Å²) in [4.78, 5) is 0. The Balaban J connectivity index is 2.90. The molecule has 0 bridgehead atoms. The molecule has 0 aliphatic rings. The fraction of sp³-hybridized carbons (Fsp3) is 1.00. The first kappa shape index (κ1) is 11.8. The van der Waals surface area contributed by atoms with Gasteiger partial charge in [0, 0.05) is 13.2 Å². The summed E-state index contributed by atoms with van der Waals surface area (Å²) in [6.07, 6.45) is 2.23. The molecule has 0 aliphatic heterocycles. The summed E-state index contributed by atoms with van der Waals surface area (Å²) >= 11 is 0. The van der Waals surface area contributed by atoms with Crippen LogP contribution in [0.4, 0.5) is 4.39 Å². The van der Waals surface area contributed by atoms with Crippen molar-refractivity contribution in [3.05, 3.63) is 0 Å². The lowest BCUT2D eigenvalue weighted by atomic mass is 10.2. The highest BCUT2D eigenvalue weighted by molar-refractivity contribution is 4.52. The van der Waals surface area contributed by atoms with Crippen LogP contribution in [0.15, 0.2) is 0 Å². The second-order valence-electron chi connectivity index (χ2n) is 2.89. The van der Waals surface area contributed by atoms with Crippen molar-refractivity contribution in [3.8, 4) is 0 Å². The molecule has 0 aromatic heterocycles. The molecule has 1 N–H and O–H groups in total. The van der Waals surface area contributed by atoms with E-state index in [1.807, 2.05) is 0 Å². The molecule has 3 heteroatoms. The van der Waals surface area contributed by atoms with E-state index in [4.69, 9.17) is 9.84 Å². The summed E-state index contributed by atoms with van der Waals surface area (Å²) in [5.74, 6) is 0. The van der Waals surface area contributed by atoms with Crippen molar-refractivity contribution in [1.82, 2.24) is 0 Å². The molecule has 1 unspecified atom stereocenters. The van der Waals surface area contributed by atoms with Gasteiger partial charge in [0.2, 0.25) is 0 Å². The average molecular weight is 178 g/mol. The number of aliphatic hydroxyl groups is 1. The van der Waals surface area contributed by atoms with Gasteiger partial charge < -0.3 is 9.84 Å². The first-order valence-corrected chi connectivity index (χ1v) is 4.64. The number of alkyl halides is 1. The molecule has 0 saturated heterocycles. The third kappa shape index (κ3) is 7.95. The number of ether oxygens (including phenoxy) is 1. The minimum absolute atomic E-state index is 0.366. The average Bonchev–Trinajstić information content (AvgIpc) is 2.10. The van der Waals surface area contributed by atoms with Crippen molar-refractivity contribution < 1.29 is 14.2 Å². The summed E-state index contributed by atoms with van der Waals surface area (Å²) in [7, 11) is 0. The number of hydrogen-bond donors (Lipinski definition) is 1. The molecule has 0 aromatic carbocycles. The topological polar surface area (TPSA) is 29.5 Å². The molecule has 0 heterocycles. The Kier molecular flexibility index (Phi) is 8.83. The first-order valence-electron chi connectivity index (χ1n) is 4.64. The van der Waals surface area contributed by atoms with E-state index in [1.165, 1.54) is 0 Å². The predicted molar refractivity (Wildman–Crippen MR) is 46.9 cm³/mol. The van der Waals surface area contributed by atoms with E-state index in [9.17, 15) is 4.39 Å². The molecule has 0 radical (unpaired) electrons. The van der Waals surface area contributed by atoms with E-state index in [0.29, 0.717) is 19.4 Å². The SMILES string of the molecule is CCCCOCCCC(F)CO. The van der Waals surface area contributed by atoms with Crippen LogP contribution in [0, 0.1) is 0 Å². The minimum Gasteiger partial charge on any atom is -0.393 e. The standard InChI is InChI=1S/C9H19FO2/c1-2-3-6-12-7-4-5-9(10)8-11/h9,11H,2-8H2,1H3.